The van der Waals surface area contributed by atoms with Gasteiger partial charge in [0.1, 0.15) is 6.04 Å². The van der Waals surface area contributed by atoms with Gasteiger partial charge in [0, 0.05) is 0 Å². The van der Waals surface area contributed by atoms with Crippen LogP contribution in [0, 0.1) is 0 Å². The van der Waals surface area contributed by atoms with Crippen LogP contribution in [0.1, 0.15) is 26.2 Å². The summed E-state index contributed by atoms with van der Waals surface area (Å²) < 4.78 is 0. The van der Waals surface area contributed by atoms with E-state index in [1.807, 2.05) is 6.08 Å². The van der Waals surface area contributed by atoms with Crippen LogP contribution in [0.3, 0.4) is 0 Å². The lowest BCUT2D eigenvalue weighted by molar-refractivity contribution is -0.138. The van der Waals surface area contributed by atoms with Crippen LogP contribution in [0.4, 0.5) is 0 Å². The van der Waals surface area contributed by atoms with Gasteiger partial charge in [0.2, 0.25) is 0 Å². The molecule has 0 heterocycles. The molecule has 0 amide bonds. The van der Waals surface area contributed by atoms with E-state index in [1.165, 1.54) is 6.92 Å². The Labute approximate surface area is 88.5 Å². The summed E-state index contributed by atoms with van der Waals surface area (Å²) in [6, 6.07) is -0.844. The van der Waals surface area contributed by atoms with Crippen molar-refractivity contribution in [3.8, 4) is 0 Å². The predicted octanol–water partition coefficient (Wildman–Crippen LogP) is 1.02. The van der Waals surface area contributed by atoms with Crippen molar-refractivity contribution in [2.24, 2.45) is 5.73 Å². The van der Waals surface area contributed by atoms with E-state index in [4.69, 9.17) is 10.8 Å². The molecule has 0 fully saturated rings. The molecule has 0 aromatic heterocycles. The summed E-state index contributed by atoms with van der Waals surface area (Å²) in [4.78, 5) is 21.5. The zero-order valence-corrected chi connectivity index (χ0v) is 8.69. The molecule has 0 spiro atoms. The fraction of sp³-hybridized carbons (Fsp3) is 0.455. The fourth-order valence-corrected chi connectivity index (χ4v) is 1.51. The van der Waals surface area contributed by atoms with Crippen molar-refractivity contribution in [2.75, 3.05) is 0 Å². The monoisotopic (exact) mass is 209 g/mol. The van der Waals surface area contributed by atoms with Gasteiger partial charge >= 0.3 is 5.97 Å². The summed E-state index contributed by atoms with van der Waals surface area (Å²) in [5.41, 5.74) is 7.20. The molecule has 1 rings (SSSR count). The highest BCUT2D eigenvalue weighted by Crippen LogP contribution is 2.21. The molecular weight excluding hydrogens is 194 g/mol. The number of carbonyl (C=O) groups excluding carboxylic acids is 1. The molecule has 0 aromatic rings. The number of allylic oxidation sites excluding steroid dienone is 3. The van der Waals surface area contributed by atoms with E-state index in [-0.39, 0.29) is 5.78 Å². The predicted molar refractivity (Wildman–Crippen MR) is 56.3 cm³/mol. The molecule has 1 atom stereocenters. The molecule has 4 heteroatoms. The Hall–Kier alpha value is -1.42. The number of aliphatic carboxylic acids is 1. The average Bonchev–Trinajstić information content (AvgIpc) is 2.18. The molecule has 82 valence electrons. The fourth-order valence-electron chi connectivity index (χ4n) is 1.51. The van der Waals surface area contributed by atoms with Gasteiger partial charge in [-0.1, -0.05) is 17.7 Å². The first kappa shape index (κ1) is 11.7. The summed E-state index contributed by atoms with van der Waals surface area (Å²) in [5.74, 6) is -0.912. The van der Waals surface area contributed by atoms with Crippen LogP contribution in [-0.4, -0.2) is 22.9 Å². The number of hydrogen-bond donors (Lipinski definition) is 2. The van der Waals surface area contributed by atoms with Crippen LogP contribution in [0.2, 0.25) is 0 Å². The van der Waals surface area contributed by atoms with Gasteiger partial charge in [-0.05, 0) is 31.8 Å². The first-order chi connectivity index (χ1) is 7.00. The molecule has 0 unspecified atom stereocenters. The van der Waals surface area contributed by atoms with Gasteiger partial charge in [-0.2, -0.15) is 0 Å². The van der Waals surface area contributed by atoms with E-state index in [1.54, 1.807) is 6.08 Å². The molecule has 0 aromatic carbocycles. The molecule has 1 aliphatic rings. The first-order valence-electron chi connectivity index (χ1n) is 4.88. The summed E-state index contributed by atoms with van der Waals surface area (Å²) in [6.07, 6.45) is 5.34. The molecular formula is C11H15NO3. The standard InChI is InChI=1S/C11H15NO3/c1-7(13)9-4-2-8(3-5-9)6-10(12)11(14)15/h2,4,10H,3,5-6,12H2,1H3,(H,14,15)/t10-/m0/s1. The minimum absolute atomic E-state index is 0.0767. The van der Waals surface area contributed by atoms with Crippen LogP contribution in [0.5, 0.6) is 0 Å². The van der Waals surface area contributed by atoms with Crippen molar-refractivity contribution in [1.29, 1.82) is 0 Å². The van der Waals surface area contributed by atoms with E-state index in [9.17, 15) is 9.59 Å². The number of carboxylic acids is 1. The molecule has 1 aliphatic carbocycles. The second-order valence-electron chi connectivity index (χ2n) is 3.72. The quantitative estimate of drug-likeness (QED) is 0.724. The van der Waals surface area contributed by atoms with Crippen molar-refractivity contribution in [2.45, 2.75) is 32.2 Å². The lowest BCUT2D eigenvalue weighted by Gasteiger charge is -2.14. The van der Waals surface area contributed by atoms with Crippen molar-refractivity contribution in [3.63, 3.8) is 0 Å². The number of carboxylic acid groups (broad SMARTS) is 1. The maximum atomic E-state index is 11.0. The molecule has 0 saturated heterocycles. The van der Waals surface area contributed by atoms with Gasteiger partial charge in [0.15, 0.2) is 5.78 Å². The zero-order valence-electron chi connectivity index (χ0n) is 8.69. The van der Waals surface area contributed by atoms with E-state index in [0.29, 0.717) is 12.8 Å². The van der Waals surface area contributed by atoms with E-state index in [0.717, 1.165) is 17.6 Å². The summed E-state index contributed by atoms with van der Waals surface area (Å²) in [5, 5.41) is 8.63. The highest BCUT2D eigenvalue weighted by molar-refractivity contribution is 5.93. The van der Waals surface area contributed by atoms with Crippen LogP contribution in [0.15, 0.2) is 23.3 Å². The molecule has 0 radical (unpaired) electrons. The topological polar surface area (TPSA) is 80.4 Å². The Morgan fingerprint density at radius 2 is 2.13 bits per heavy atom. The van der Waals surface area contributed by atoms with Gasteiger partial charge in [-0.25, -0.2) is 0 Å². The molecule has 0 aliphatic heterocycles. The number of rotatable bonds is 4. The van der Waals surface area contributed by atoms with Crippen molar-refractivity contribution >= 4 is 11.8 Å². The maximum absolute atomic E-state index is 11.0. The van der Waals surface area contributed by atoms with Crippen LogP contribution in [-0.2, 0) is 9.59 Å². The highest BCUT2D eigenvalue weighted by atomic mass is 16.4. The maximum Gasteiger partial charge on any atom is 0.320 e. The van der Waals surface area contributed by atoms with Gasteiger partial charge in [-0.3, -0.25) is 9.59 Å². The number of Topliss-reactive ketones (excluding diaryl/α,β-unsaturated/α-hetero) is 1. The molecule has 0 bridgehead atoms. The Morgan fingerprint density at radius 3 is 2.53 bits per heavy atom. The van der Waals surface area contributed by atoms with Gasteiger partial charge in [0.05, 0.1) is 0 Å². The van der Waals surface area contributed by atoms with Crippen LogP contribution in [0.25, 0.3) is 0 Å². The largest absolute Gasteiger partial charge is 0.480 e. The Balaban J connectivity index is 2.60. The van der Waals surface area contributed by atoms with E-state index in [2.05, 4.69) is 0 Å². The first-order valence-corrected chi connectivity index (χ1v) is 4.88. The third-order valence-electron chi connectivity index (χ3n) is 2.49. The van der Waals surface area contributed by atoms with Gasteiger partial charge in [-0.15, -0.1) is 0 Å². The Bertz CT molecular complexity index is 342. The molecule has 4 nitrogen and oxygen atoms in total. The second kappa shape index (κ2) is 4.89. The molecule has 15 heavy (non-hydrogen) atoms. The lowest BCUT2D eigenvalue weighted by atomic mass is 9.92. The average molecular weight is 209 g/mol. The van der Waals surface area contributed by atoms with Crippen molar-refractivity contribution in [3.05, 3.63) is 23.3 Å². The third-order valence-corrected chi connectivity index (χ3v) is 2.49. The van der Waals surface area contributed by atoms with Crippen LogP contribution < -0.4 is 5.73 Å². The smallest absolute Gasteiger partial charge is 0.320 e. The van der Waals surface area contributed by atoms with E-state index < -0.39 is 12.0 Å². The van der Waals surface area contributed by atoms with E-state index >= 15 is 0 Å². The third kappa shape index (κ3) is 3.32. The minimum Gasteiger partial charge on any atom is -0.480 e. The Kier molecular flexibility index (Phi) is 3.80. The summed E-state index contributed by atoms with van der Waals surface area (Å²) in [6.45, 7) is 1.54. The summed E-state index contributed by atoms with van der Waals surface area (Å²) >= 11 is 0. The molecule has 3 N–H and O–H groups in total. The molecule has 0 saturated carbocycles. The van der Waals surface area contributed by atoms with Gasteiger partial charge in [0.25, 0.3) is 0 Å². The van der Waals surface area contributed by atoms with Crippen molar-refractivity contribution < 1.29 is 14.7 Å². The number of hydrogen-bond acceptors (Lipinski definition) is 3. The number of carbonyl (C=O) groups is 2. The normalized spacial score (nSPS) is 17.7. The highest BCUT2D eigenvalue weighted by Gasteiger charge is 2.16. The SMILES string of the molecule is CC(=O)C1=CC=C(C[C@H](N)C(=O)O)CC1. The second-order valence-corrected chi connectivity index (χ2v) is 3.72. The minimum atomic E-state index is -0.989. The Morgan fingerprint density at radius 1 is 1.47 bits per heavy atom. The summed E-state index contributed by atoms with van der Waals surface area (Å²) in [7, 11) is 0. The van der Waals surface area contributed by atoms with Crippen LogP contribution >= 0.6 is 0 Å². The number of ketones is 1. The lowest BCUT2D eigenvalue weighted by Crippen LogP contribution is -2.30. The zero-order chi connectivity index (χ0) is 11.4. The van der Waals surface area contributed by atoms with Gasteiger partial charge < -0.3 is 10.8 Å². The van der Waals surface area contributed by atoms with Crippen molar-refractivity contribution in [1.82, 2.24) is 0 Å². The number of nitrogens with two attached hydrogens (primary N) is 1.